The molecule has 2 amide bonds. The molecule has 154 valence electrons. The summed E-state index contributed by atoms with van der Waals surface area (Å²) in [7, 11) is 0. The molecule has 1 N–H and O–H groups in total. The average molecular weight is 415 g/mol. The monoisotopic (exact) mass is 414 g/mol. The molecule has 0 aliphatic carbocycles. The predicted octanol–water partition coefficient (Wildman–Crippen LogP) is 3.83. The standard InChI is InChI=1S/C22H26N2O4S/c1-4-24(5-2)21(26)17-11-13-18(14-12-17)23-20(25)15-28-22(27)16(3)29-19-9-7-6-8-10-19/h6-14,16H,4-5,15H2,1-3H3,(H,23,25)/t16-/m0/s1. The van der Waals surface area contributed by atoms with Crippen molar-refractivity contribution in [2.24, 2.45) is 0 Å². The van der Waals surface area contributed by atoms with Gasteiger partial charge in [0.1, 0.15) is 5.25 Å². The fourth-order valence-corrected chi connectivity index (χ4v) is 3.48. The molecule has 0 bridgehead atoms. The normalized spacial score (nSPS) is 11.4. The Morgan fingerprint density at radius 3 is 2.21 bits per heavy atom. The molecule has 7 heteroatoms. The largest absolute Gasteiger partial charge is 0.455 e. The first-order valence-electron chi connectivity index (χ1n) is 9.52. The molecule has 0 aliphatic heterocycles. The van der Waals surface area contributed by atoms with E-state index in [2.05, 4.69) is 5.32 Å². The molecule has 0 unspecified atom stereocenters. The van der Waals surface area contributed by atoms with Crippen molar-refractivity contribution in [3.8, 4) is 0 Å². The molecule has 0 saturated carbocycles. The average Bonchev–Trinajstić information content (AvgIpc) is 2.74. The number of rotatable bonds is 9. The van der Waals surface area contributed by atoms with Crippen LogP contribution in [-0.4, -0.2) is 47.6 Å². The second kappa shape index (κ2) is 11.3. The molecule has 29 heavy (non-hydrogen) atoms. The van der Waals surface area contributed by atoms with Gasteiger partial charge in [0.2, 0.25) is 0 Å². The number of hydrogen-bond acceptors (Lipinski definition) is 5. The maximum Gasteiger partial charge on any atom is 0.319 e. The Morgan fingerprint density at radius 1 is 1.00 bits per heavy atom. The summed E-state index contributed by atoms with van der Waals surface area (Å²) < 4.78 is 5.10. The molecular formula is C22H26N2O4S. The van der Waals surface area contributed by atoms with E-state index in [4.69, 9.17) is 4.74 Å². The first-order chi connectivity index (χ1) is 13.9. The van der Waals surface area contributed by atoms with Gasteiger partial charge in [0.25, 0.3) is 11.8 Å². The van der Waals surface area contributed by atoms with E-state index in [1.807, 2.05) is 44.2 Å². The highest BCUT2D eigenvalue weighted by Crippen LogP contribution is 2.23. The Hall–Kier alpha value is -2.80. The SMILES string of the molecule is CCN(CC)C(=O)c1ccc(NC(=O)COC(=O)[C@H](C)Sc2ccccc2)cc1. The van der Waals surface area contributed by atoms with Crippen LogP contribution in [0.3, 0.4) is 0 Å². The van der Waals surface area contributed by atoms with E-state index in [1.54, 1.807) is 36.1 Å². The van der Waals surface area contributed by atoms with E-state index >= 15 is 0 Å². The van der Waals surface area contributed by atoms with Crippen molar-refractivity contribution in [3.63, 3.8) is 0 Å². The Labute approximate surface area is 175 Å². The molecule has 2 aromatic carbocycles. The zero-order valence-corrected chi connectivity index (χ0v) is 17.7. The zero-order valence-electron chi connectivity index (χ0n) is 16.9. The molecule has 0 aliphatic rings. The van der Waals surface area contributed by atoms with Crippen molar-refractivity contribution in [2.45, 2.75) is 30.9 Å². The summed E-state index contributed by atoms with van der Waals surface area (Å²) in [5, 5.41) is 2.24. The number of nitrogens with zero attached hydrogens (tertiary/aromatic N) is 1. The van der Waals surface area contributed by atoms with Gasteiger partial charge < -0.3 is 15.0 Å². The minimum Gasteiger partial charge on any atom is -0.455 e. The summed E-state index contributed by atoms with van der Waals surface area (Å²) >= 11 is 1.38. The van der Waals surface area contributed by atoms with Gasteiger partial charge in [-0.2, -0.15) is 0 Å². The first-order valence-corrected chi connectivity index (χ1v) is 10.4. The number of carbonyl (C=O) groups is 3. The van der Waals surface area contributed by atoms with Crippen molar-refractivity contribution < 1.29 is 19.1 Å². The molecule has 0 aromatic heterocycles. The van der Waals surface area contributed by atoms with Crippen molar-refractivity contribution in [1.29, 1.82) is 0 Å². The van der Waals surface area contributed by atoms with Crippen LogP contribution in [0.25, 0.3) is 0 Å². The number of nitrogens with one attached hydrogen (secondary N) is 1. The fraction of sp³-hybridized carbons (Fsp3) is 0.318. The van der Waals surface area contributed by atoms with Crippen LogP contribution in [0, 0.1) is 0 Å². The molecular weight excluding hydrogens is 388 g/mol. The lowest BCUT2D eigenvalue weighted by Gasteiger charge is -2.18. The molecule has 1 atom stereocenters. The molecule has 6 nitrogen and oxygen atoms in total. The summed E-state index contributed by atoms with van der Waals surface area (Å²) in [6, 6.07) is 16.2. The van der Waals surface area contributed by atoms with Crippen LogP contribution in [0.15, 0.2) is 59.5 Å². The maximum absolute atomic E-state index is 12.3. The molecule has 0 heterocycles. The quantitative estimate of drug-likeness (QED) is 0.499. The van der Waals surface area contributed by atoms with Crippen molar-refractivity contribution in [3.05, 3.63) is 60.2 Å². The number of carbonyl (C=O) groups excluding carboxylic acids is 3. The Kier molecular flexibility index (Phi) is 8.73. The van der Waals surface area contributed by atoms with Crippen LogP contribution >= 0.6 is 11.8 Å². The summed E-state index contributed by atoms with van der Waals surface area (Å²) in [6.07, 6.45) is 0. The number of thioether (sulfide) groups is 1. The van der Waals surface area contributed by atoms with E-state index in [-0.39, 0.29) is 12.5 Å². The van der Waals surface area contributed by atoms with E-state index in [0.717, 1.165) is 4.90 Å². The third-order valence-corrected chi connectivity index (χ3v) is 5.29. The Balaban J connectivity index is 1.81. The number of benzene rings is 2. The molecule has 0 radical (unpaired) electrons. The zero-order chi connectivity index (χ0) is 21.2. The first kappa shape index (κ1) is 22.5. The highest BCUT2D eigenvalue weighted by Gasteiger charge is 2.17. The van der Waals surface area contributed by atoms with Crippen LogP contribution < -0.4 is 5.32 Å². The Morgan fingerprint density at radius 2 is 1.62 bits per heavy atom. The molecule has 0 spiro atoms. The second-order valence-corrected chi connectivity index (χ2v) is 7.70. The third kappa shape index (κ3) is 6.94. The number of ether oxygens (including phenoxy) is 1. The van der Waals surface area contributed by atoms with E-state index in [9.17, 15) is 14.4 Å². The number of hydrogen-bond donors (Lipinski definition) is 1. The van der Waals surface area contributed by atoms with Gasteiger partial charge in [-0.3, -0.25) is 14.4 Å². The molecule has 0 saturated heterocycles. The number of amides is 2. The van der Waals surface area contributed by atoms with E-state index in [1.165, 1.54) is 11.8 Å². The van der Waals surface area contributed by atoms with Crippen molar-refractivity contribution >= 4 is 35.2 Å². The summed E-state index contributed by atoms with van der Waals surface area (Å²) in [6.45, 7) is 6.51. The highest BCUT2D eigenvalue weighted by atomic mass is 32.2. The summed E-state index contributed by atoms with van der Waals surface area (Å²) in [4.78, 5) is 39.1. The van der Waals surface area contributed by atoms with Crippen LogP contribution in [0.4, 0.5) is 5.69 Å². The van der Waals surface area contributed by atoms with Gasteiger partial charge in [0.05, 0.1) is 0 Å². The lowest BCUT2D eigenvalue weighted by Crippen LogP contribution is -2.30. The summed E-state index contributed by atoms with van der Waals surface area (Å²) in [5.41, 5.74) is 1.10. The molecule has 2 rings (SSSR count). The van der Waals surface area contributed by atoms with Gasteiger partial charge in [0, 0.05) is 29.2 Å². The van der Waals surface area contributed by atoms with Crippen molar-refractivity contribution in [1.82, 2.24) is 4.90 Å². The van der Waals surface area contributed by atoms with Crippen molar-refractivity contribution in [2.75, 3.05) is 25.0 Å². The van der Waals surface area contributed by atoms with Gasteiger partial charge in [-0.1, -0.05) is 18.2 Å². The lowest BCUT2D eigenvalue weighted by molar-refractivity contribution is -0.146. The van der Waals surface area contributed by atoms with E-state index in [0.29, 0.717) is 24.3 Å². The summed E-state index contributed by atoms with van der Waals surface area (Å²) in [5.74, 6) is -0.932. The van der Waals surface area contributed by atoms with Crippen LogP contribution in [0.5, 0.6) is 0 Å². The lowest BCUT2D eigenvalue weighted by atomic mass is 10.2. The third-order valence-electron chi connectivity index (χ3n) is 4.20. The van der Waals surface area contributed by atoms with Gasteiger partial charge in [-0.15, -0.1) is 11.8 Å². The second-order valence-electron chi connectivity index (χ2n) is 6.28. The smallest absolute Gasteiger partial charge is 0.319 e. The van der Waals surface area contributed by atoms with Crippen LogP contribution in [0.2, 0.25) is 0 Å². The minimum atomic E-state index is -0.450. The predicted molar refractivity (Wildman–Crippen MR) is 115 cm³/mol. The number of esters is 1. The fourth-order valence-electron chi connectivity index (χ4n) is 2.59. The maximum atomic E-state index is 12.3. The van der Waals surface area contributed by atoms with Crippen LogP contribution in [-0.2, 0) is 14.3 Å². The Bertz CT molecular complexity index is 820. The molecule has 0 fully saturated rings. The van der Waals surface area contributed by atoms with E-state index < -0.39 is 17.1 Å². The van der Waals surface area contributed by atoms with Gasteiger partial charge >= 0.3 is 5.97 Å². The van der Waals surface area contributed by atoms with Gasteiger partial charge in [0.15, 0.2) is 6.61 Å². The van der Waals surface area contributed by atoms with Gasteiger partial charge in [-0.25, -0.2) is 0 Å². The topological polar surface area (TPSA) is 75.7 Å². The van der Waals surface area contributed by atoms with Crippen LogP contribution in [0.1, 0.15) is 31.1 Å². The van der Waals surface area contributed by atoms with Gasteiger partial charge in [-0.05, 0) is 57.2 Å². The minimum absolute atomic E-state index is 0.0493. The highest BCUT2D eigenvalue weighted by molar-refractivity contribution is 8.00. The number of anilines is 1. The molecule has 2 aromatic rings.